The van der Waals surface area contributed by atoms with Gasteiger partial charge in [-0.2, -0.15) is 0 Å². The van der Waals surface area contributed by atoms with E-state index in [4.69, 9.17) is 18.9 Å². The number of carbonyl (C=O) groups is 1. The van der Waals surface area contributed by atoms with Crippen molar-refractivity contribution in [3.63, 3.8) is 0 Å². The van der Waals surface area contributed by atoms with Crippen molar-refractivity contribution in [3.8, 4) is 0 Å². The fourth-order valence-electron chi connectivity index (χ4n) is 4.00. The lowest BCUT2D eigenvalue weighted by Crippen LogP contribution is -2.61. The normalized spacial score (nSPS) is 25.6. The van der Waals surface area contributed by atoms with E-state index in [0.717, 1.165) is 18.1 Å². The highest BCUT2D eigenvalue weighted by Gasteiger charge is 2.48. The first-order chi connectivity index (χ1) is 19.3. The zero-order valence-corrected chi connectivity index (χ0v) is 22.0. The molecule has 40 heavy (non-hydrogen) atoms. The molecule has 0 radical (unpaired) electrons. The molecule has 1 saturated heterocycles. The number of benzene rings is 2. The molecule has 0 saturated carbocycles. The van der Waals surface area contributed by atoms with E-state index in [1.54, 1.807) is 12.4 Å². The lowest BCUT2D eigenvalue weighted by Gasteiger charge is -2.42. The van der Waals surface area contributed by atoms with Crippen LogP contribution in [0.2, 0.25) is 0 Å². The molecule has 5 N–H and O–H groups in total. The first kappa shape index (κ1) is 31.5. The Morgan fingerprint density at radius 2 is 1.50 bits per heavy atom. The summed E-state index contributed by atoms with van der Waals surface area (Å²) in [5, 5.41) is 51.4. The number of carbonyl (C=O) groups excluding carboxylic acids is 1. The lowest BCUT2D eigenvalue weighted by molar-refractivity contribution is -0.322. The van der Waals surface area contributed by atoms with Gasteiger partial charge in [0.2, 0.25) is 0 Å². The van der Waals surface area contributed by atoms with Crippen molar-refractivity contribution in [2.24, 2.45) is 9.98 Å². The molecule has 1 aliphatic heterocycles. The first-order valence-electron chi connectivity index (χ1n) is 12.8. The summed E-state index contributed by atoms with van der Waals surface area (Å²) < 4.78 is 22.1. The van der Waals surface area contributed by atoms with Gasteiger partial charge in [0.1, 0.15) is 30.5 Å². The predicted octanol–water partition coefficient (Wildman–Crippen LogP) is -0.324. The molecular weight excluding hydrogens is 524 g/mol. The molecule has 0 amide bonds. The van der Waals surface area contributed by atoms with Gasteiger partial charge in [-0.05, 0) is 11.1 Å². The Morgan fingerprint density at radius 1 is 0.925 bits per heavy atom. The standard InChI is InChI=1S/C28H36N2O10/c1-18(33)37-27-25(35)23(17-32)40-28(26(27)36)39-21(14-29-12-19-8-4-2-5-9-19)22(16-31)38-24(34)15-30-13-20-10-6-3-7-11-20/h2-13,21-28,31-32,34-36H,14-17H2,1H3/t21-,22+,23-,24-,25+,26+,27+,28-/m0/s1. The van der Waals surface area contributed by atoms with Crippen molar-refractivity contribution >= 4 is 18.4 Å². The Bertz CT molecular complexity index is 1070. The van der Waals surface area contributed by atoms with Crippen LogP contribution in [0.4, 0.5) is 0 Å². The Balaban J connectivity index is 1.75. The van der Waals surface area contributed by atoms with Gasteiger partial charge in [-0.3, -0.25) is 14.8 Å². The van der Waals surface area contributed by atoms with E-state index < -0.39 is 68.4 Å². The van der Waals surface area contributed by atoms with Crippen molar-refractivity contribution in [2.75, 3.05) is 26.3 Å². The highest BCUT2D eigenvalue weighted by molar-refractivity contribution is 5.79. The Morgan fingerprint density at radius 3 is 2.02 bits per heavy atom. The number of aliphatic hydroxyl groups is 5. The zero-order chi connectivity index (χ0) is 28.9. The molecule has 1 aliphatic rings. The largest absolute Gasteiger partial charge is 0.457 e. The number of rotatable bonds is 14. The topological polar surface area (TPSA) is 180 Å². The molecule has 0 bridgehead atoms. The number of aliphatic imine (C=N–C) groups is 2. The van der Waals surface area contributed by atoms with Crippen molar-refractivity contribution in [1.29, 1.82) is 0 Å². The van der Waals surface area contributed by atoms with Crippen LogP contribution >= 0.6 is 0 Å². The summed E-state index contributed by atoms with van der Waals surface area (Å²) >= 11 is 0. The monoisotopic (exact) mass is 560 g/mol. The fourth-order valence-corrected chi connectivity index (χ4v) is 4.00. The van der Waals surface area contributed by atoms with E-state index in [-0.39, 0.29) is 13.1 Å². The van der Waals surface area contributed by atoms with Crippen LogP contribution in [0.3, 0.4) is 0 Å². The van der Waals surface area contributed by atoms with Crippen molar-refractivity contribution in [1.82, 2.24) is 0 Å². The summed E-state index contributed by atoms with van der Waals surface area (Å²) in [6, 6.07) is 18.4. The van der Waals surface area contributed by atoms with Gasteiger partial charge in [-0.25, -0.2) is 0 Å². The molecule has 0 aromatic heterocycles. The molecule has 8 atom stereocenters. The molecule has 1 fully saturated rings. The lowest BCUT2D eigenvalue weighted by atomic mass is 9.99. The molecule has 0 aliphatic carbocycles. The van der Waals surface area contributed by atoms with Crippen molar-refractivity contribution in [3.05, 3.63) is 71.8 Å². The maximum Gasteiger partial charge on any atom is 0.303 e. The maximum atomic E-state index is 11.6. The predicted molar refractivity (Wildman–Crippen MR) is 144 cm³/mol. The van der Waals surface area contributed by atoms with Crippen LogP contribution in [0.15, 0.2) is 70.6 Å². The van der Waals surface area contributed by atoms with Crippen LogP contribution in [-0.4, -0.2) is 119 Å². The van der Waals surface area contributed by atoms with Gasteiger partial charge in [0, 0.05) is 19.4 Å². The number of hydrogen-bond donors (Lipinski definition) is 5. The molecule has 2 aromatic carbocycles. The molecular formula is C28H36N2O10. The molecule has 12 nitrogen and oxygen atoms in total. The van der Waals surface area contributed by atoms with Gasteiger partial charge in [0.25, 0.3) is 0 Å². The number of nitrogens with zero attached hydrogens (tertiary/aromatic N) is 2. The average molecular weight is 561 g/mol. The van der Waals surface area contributed by atoms with Gasteiger partial charge in [-0.15, -0.1) is 0 Å². The highest BCUT2D eigenvalue weighted by atomic mass is 16.7. The van der Waals surface area contributed by atoms with E-state index in [0.29, 0.717) is 0 Å². The Labute approximate surface area is 232 Å². The fraction of sp³-hybridized carbons (Fsp3) is 0.464. The van der Waals surface area contributed by atoms with E-state index in [2.05, 4.69) is 9.98 Å². The number of esters is 1. The molecule has 1 heterocycles. The van der Waals surface area contributed by atoms with Crippen LogP contribution in [0, 0.1) is 0 Å². The molecule has 2 aromatic rings. The maximum absolute atomic E-state index is 11.6. The molecule has 3 rings (SSSR count). The van der Waals surface area contributed by atoms with E-state index >= 15 is 0 Å². The first-order valence-corrected chi connectivity index (χ1v) is 12.8. The second-order valence-corrected chi connectivity index (χ2v) is 9.08. The quantitative estimate of drug-likeness (QED) is 0.117. The van der Waals surface area contributed by atoms with Crippen LogP contribution in [0.1, 0.15) is 18.1 Å². The number of hydrogen-bond acceptors (Lipinski definition) is 12. The highest BCUT2D eigenvalue weighted by Crippen LogP contribution is 2.26. The van der Waals surface area contributed by atoms with E-state index in [1.807, 2.05) is 60.7 Å². The summed E-state index contributed by atoms with van der Waals surface area (Å²) in [7, 11) is 0. The minimum Gasteiger partial charge on any atom is -0.457 e. The molecule has 0 spiro atoms. The third-order valence-corrected chi connectivity index (χ3v) is 5.99. The summed E-state index contributed by atoms with van der Waals surface area (Å²) in [6.07, 6.45) is -7.89. The SMILES string of the molecule is CC(=O)O[C@H]1[C@@H](O)[C@@H](O[C@@H](CN=Cc2ccccc2)[C@@H](CO)O[C@H](O)CN=Cc2ccccc2)O[C@@H](CO)[C@H]1O. The van der Waals surface area contributed by atoms with E-state index in [9.17, 15) is 30.3 Å². The summed E-state index contributed by atoms with van der Waals surface area (Å²) in [5.41, 5.74) is 1.63. The molecule has 12 heteroatoms. The van der Waals surface area contributed by atoms with Gasteiger partial charge in [-0.1, -0.05) is 60.7 Å². The van der Waals surface area contributed by atoms with Crippen LogP contribution in [0.25, 0.3) is 0 Å². The van der Waals surface area contributed by atoms with Gasteiger partial charge in [0.15, 0.2) is 18.7 Å². The summed E-state index contributed by atoms with van der Waals surface area (Å²) in [5.74, 6) is -0.764. The third-order valence-electron chi connectivity index (χ3n) is 5.99. The van der Waals surface area contributed by atoms with Crippen LogP contribution < -0.4 is 0 Å². The third kappa shape index (κ3) is 9.54. The Kier molecular flexibility index (Phi) is 12.8. The minimum absolute atomic E-state index is 0.0999. The van der Waals surface area contributed by atoms with Crippen LogP contribution in [0.5, 0.6) is 0 Å². The van der Waals surface area contributed by atoms with Crippen molar-refractivity contribution in [2.45, 2.75) is 56.1 Å². The summed E-state index contributed by atoms with van der Waals surface area (Å²) in [4.78, 5) is 20.1. The minimum atomic E-state index is -1.65. The van der Waals surface area contributed by atoms with Gasteiger partial charge in [0.05, 0.1) is 26.3 Å². The second kappa shape index (κ2) is 16.3. The van der Waals surface area contributed by atoms with Crippen LogP contribution in [-0.2, 0) is 23.7 Å². The molecule has 218 valence electrons. The van der Waals surface area contributed by atoms with Gasteiger partial charge < -0.3 is 44.5 Å². The average Bonchev–Trinajstić information content (AvgIpc) is 2.95. The number of aliphatic hydroxyl groups excluding tert-OH is 5. The van der Waals surface area contributed by atoms with Crippen molar-refractivity contribution < 1.29 is 49.3 Å². The smallest absolute Gasteiger partial charge is 0.303 e. The zero-order valence-electron chi connectivity index (χ0n) is 22.0. The van der Waals surface area contributed by atoms with E-state index in [1.165, 1.54) is 0 Å². The second-order valence-electron chi connectivity index (χ2n) is 9.08. The van der Waals surface area contributed by atoms with Gasteiger partial charge >= 0.3 is 5.97 Å². The Hall–Kier alpha value is -3.07. The number of ether oxygens (including phenoxy) is 4. The summed E-state index contributed by atoms with van der Waals surface area (Å²) in [6.45, 7) is -0.386. The molecule has 0 unspecified atom stereocenters.